The molecule has 4 rings (SSSR count). The molecule has 0 radical (unpaired) electrons. The lowest BCUT2D eigenvalue weighted by atomic mass is 10.0. The van der Waals surface area contributed by atoms with E-state index in [1.54, 1.807) is 0 Å². The second-order valence-electron chi connectivity index (χ2n) is 9.55. The molecule has 1 saturated carbocycles. The molecule has 0 bridgehead atoms. The molecule has 8 heteroatoms. The average Bonchev–Trinajstić information content (AvgIpc) is 3.08. The van der Waals surface area contributed by atoms with E-state index in [1.165, 1.54) is 25.7 Å². The van der Waals surface area contributed by atoms with Crippen LogP contribution < -0.4 is 20.3 Å². The predicted molar refractivity (Wildman–Crippen MR) is 135 cm³/mol. The maximum absolute atomic E-state index is 6.14. The highest BCUT2D eigenvalue weighted by molar-refractivity contribution is 5.53. The quantitative estimate of drug-likeness (QED) is 0.585. The number of nitrogens with one attached hydrogen (secondary N) is 2. The van der Waals surface area contributed by atoms with Crippen LogP contribution in [0, 0.1) is 6.92 Å². The van der Waals surface area contributed by atoms with Gasteiger partial charge in [0.1, 0.15) is 5.75 Å². The number of hydrogen-bond acceptors (Lipinski definition) is 8. The van der Waals surface area contributed by atoms with Gasteiger partial charge in [0.25, 0.3) is 0 Å². The summed E-state index contributed by atoms with van der Waals surface area (Å²) in [6, 6.07) is 7.13. The SMILES string of the molecule is CNc1ccc(Oc2nc(NC3CCCCCC3)nc(N(C)C3CCN(C)CC3)n2)cc1C. The molecule has 1 saturated heterocycles. The number of piperidine rings is 1. The standard InChI is InChI=1S/C25H39N7O/c1-18-17-21(11-12-22(18)26-2)33-25-29-23(27-19-9-7-5-6-8-10-19)28-24(30-25)32(4)20-13-15-31(3)16-14-20/h11-12,17,19-20,26H,5-10,13-16H2,1-4H3,(H,27,28,29,30). The van der Waals surface area contributed by atoms with Crippen LogP contribution in [0.3, 0.4) is 0 Å². The van der Waals surface area contributed by atoms with E-state index in [0.29, 0.717) is 30.0 Å². The average molecular weight is 454 g/mol. The van der Waals surface area contributed by atoms with Crippen molar-refractivity contribution in [3.8, 4) is 11.8 Å². The molecule has 0 atom stereocenters. The molecular formula is C25H39N7O. The smallest absolute Gasteiger partial charge is 0.328 e. The Labute approximate surface area is 198 Å². The molecule has 1 aliphatic heterocycles. The highest BCUT2D eigenvalue weighted by Crippen LogP contribution is 2.28. The minimum absolute atomic E-state index is 0.340. The van der Waals surface area contributed by atoms with E-state index in [2.05, 4.69) is 46.4 Å². The summed E-state index contributed by atoms with van der Waals surface area (Å²) in [7, 11) is 6.20. The van der Waals surface area contributed by atoms with E-state index in [9.17, 15) is 0 Å². The van der Waals surface area contributed by atoms with Crippen molar-refractivity contribution >= 4 is 17.6 Å². The molecular weight excluding hydrogens is 414 g/mol. The zero-order valence-corrected chi connectivity index (χ0v) is 20.6. The number of nitrogens with zero attached hydrogens (tertiary/aromatic N) is 5. The predicted octanol–water partition coefficient (Wildman–Crippen LogP) is 4.68. The summed E-state index contributed by atoms with van der Waals surface area (Å²) in [5.41, 5.74) is 2.20. The van der Waals surface area contributed by atoms with Gasteiger partial charge in [-0.1, -0.05) is 25.7 Å². The molecule has 2 fully saturated rings. The lowest BCUT2D eigenvalue weighted by molar-refractivity contribution is 0.252. The third kappa shape index (κ3) is 6.25. The van der Waals surface area contributed by atoms with E-state index >= 15 is 0 Å². The van der Waals surface area contributed by atoms with Crippen molar-refractivity contribution in [2.24, 2.45) is 0 Å². The largest absolute Gasteiger partial charge is 0.424 e. The first kappa shape index (κ1) is 23.5. The van der Waals surface area contributed by atoms with E-state index in [4.69, 9.17) is 14.7 Å². The molecule has 180 valence electrons. The van der Waals surface area contributed by atoms with Crippen LogP contribution in [0.25, 0.3) is 0 Å². The molecule has 0 spiro atoms. The van der Waals surface area contributed by atoms with Crippen molar-refractivity contribution in [3.05, 3.63) is 23.8 Å². The lowest BCUT2D eigenvalue weighted by Crippen LogP contribution is -2.42. The normalized spacial score (nSPS) is 18.5. The number of rotatable bonds is 7. The van der Waals surface area contributed by atoms with Crippen LogP contribution in [-0.4, -0.2) is 66.2 Å². The maximum atomic E-state index is 6.14. The number of aryl methyl sites for hydroxylation is 1. The number of anilines is 3. The topological polar surface area (TPSA) is 78.4 Å². The van der Waals surface area contributed by atoms with Gasteiger partial charge in [-0.15, -0.1) is 0 Å². The van der Waals surface area contributed by atoms with E-state index < -0.39 is 0 Å². The zero-order chi connectivity index (χ0) is 23.2. The monoisotopic (exact) mass is 453 g/mol. The number of benzene rings is 1. The summed E-state index contributed by atoms with van der Waals surface area (Å²) in [5.74, 6) is 2.02. The zero-order valence-electron chi connectivity index (χ0n) is 20.6. The van der Waals surface area contributed by atoms with Crippen LogP contribution in [0.4, 0.5) is 17.6 Å². The minimum Gasteiger partial charge on any atom is -0.424 e. The highest BCUT2D eigenvalue weighted by Gasteiger charge is 2.24. The molecule has 8 nitrogen and oxygen atoms in total. The third-order valence-electron chi connectivity index (χ3n) is 7.02. The first-order valence-corrected chi connectivity index (χ1v) is 12.4. The van der Waals surface area contributed by atoms with Crippen LogP contribution >= 0.6 is 0 Å². The molecule has 1 aliphatic carbocycles. The molecule has 2 N–H and O–H groups in total. The summed E-state index contributed by atoms with van der Waals surface area (Å²) in [6.45, 7) is 4.24. The Hall–Kier alpha value is -2.61. The van der Waals surface area contributed by atoms with Crippen LogP contribution in [0.1, 0.15) is 56.9 Å². The number of hydrogen-bond donors (Lipinski definition) is 2. The molecule has 1 aromatic heterocycles. The fourth-order valence-electron chi connectivity index (χ4n) is 4.85. The Morgan fingerprint density at radius 1 is 1.00 bits per heavy atom. The van der Waals surface area contributed by atoms with Crippen molar-refractivity contribution in [2.75, 3.05) is 49.8 Å². The van der Waals surface area contributed by atoms with Crippen LogP contribution in [-0.2, 0) is 0 Å². The maximum Gasteiger partial charge on any atom is 0.328 e. The van der Waals surface area contributed by atoms with Gasteiger partial charge in [-0.05, 0) is 76.5 Å². The molecule has 33 heavy (non-hydrogen) atoms. The lowest BCUT2D eigenvalue weighted by Gasteiger charge is -2.35. The van der Waals surface area contributed by atoms with Crippen molar-refractivity contribution in [2.45, 2.75) is 70.4 Å². The van der Waals surface area contributed by atoms with E-state index in [0.717, 1.165) is 55.8 Å². The van der Waals surface area contributed by atoms with Crippen LogP contribution in [0.2, 0.25) is 0 Å². The van der Waals surface area contributed by atoms with Crippen LogP contribution in [0.5, 0.6) is 11.8 Å². The van der Waals surface area contributed by atoms with Crippen LogP contribution in [0.15, 0.2) is 18.2 Å². The molecule has 1 aromatic carbocycles. The molecule has 0 unspecified atom stereocenters. The van der Waals surface area contributed by atoms with Crippen molar-refractivity contribution in [1.29, 1.82) is 0 Å². The molecule has 0 amide bonds. The van der Waals surface area contributed by atoms with Crippen molar-refractivity contribution < 1.29 is 4.74 Å². The number of ether oxygens (including phenoxy) is 1. The Bertz CT molecular complexity index is 906. The summed E-state index contributed by atoms with van der Waals surface area (Å²) in [5, 5.41) is 6.79. The fraction of sp³-hybridized carbons (Fsp3) is 0.640. The second kappa shape index (κ2) is 11.0. The number of likely N-dealkylation sites (tertiary alicyclic amines) is 1. The van der Waals surface area contributed by atoms with Gasteiger partial charge in [0.15, 0.2) is 0 Å². The molecule has 2 aliphatic rings. The summed E-state index contributed by atoms with van der Waals surface area (Å²) >= 11 is 0. The van der Waals surface area contributed by atoms with Gasteiger partial charge in [-0.2, -0.15) is 15.0 Å². The minimum atomic E-state index is 0.340. The first-order chi connectivity index (χ1) is 16.0. The second-order valence-corrected chi connectivity index (χ2v) is 9.55. The molecule has 2 heterocycles. The van der Waals surface area contributed by atoms with Gasteiger partial charge in [0.2, 0.25) is 11.9 Å². The van der Waals surface area contributed by atoms with Gasteiger partial charge in [0.05, 0.1) is 0 Å². The summed E-state index contributed by atoms with van der Waals surface area (Å²) < 4.78 is 6.14. The Morgan fingerprint density at radius 3 is 2.39 bits per heavy atom. The fourth-order valence-corrected chi connectivity index (χ4v) is 4.85. The van der Waals surface area contributed by atoms with E-state index in [1.807, 2.05) is 25.2 Å². The molecule has 2 aromatic rings. The van der Waals surface area contributed by atoms with Crippen molar-refractivity contribution in [1.82, 2.24) is 19.9 Å². The van der Waals surface area contributed by atoms with E-state index in [-0.39, 0.29) is 0 Å². The summed E-state index contributed by atoms with van der Waals surface area (Å²) in [4.78, 5) is 18.8. The van der Waals surface area contributed by atoms with Crippen molar-refractivity contribution in [3.63, 3.8) is 0 Å². The Balaban J connectivity index is 1.58. The Kier molecular flexibility index (Phi) is 7.85. The summed E-state index contributed by atoms with van der Waals surface area (Å²) in [6.07, 6.45) is 9.66. The van der Waals surface area contributed by atoms with Gasteiger partial charge < -0.3 is 25.2 Å². The van der Waals surface area contributed by atoms with Gasteiger partial charge >= 0.3 is 6.01 Å². The Morgan fingerprint density at radius 2 is 1.73 bits per heavy atom. The highest BCUT2D eigenvalue weighted by atomic mass is 16.5. The van der Waals surface area contributed by atoms with Gasteiger partial charge in [-0.25, -0.2) is 0 Å². The first-order valence-electron chi connectivity index (χ1n) is 12.4. The van der Waals surface area contributed by atoms with Gasteiger partial charge in [-0.3, -0.25) is 0 Å². The number of aromatic nitrogens is 3. The third-order valence-corrected chi connectivity index (χ3v) is 7.02. The van der Waals surface area contributed by atoms with Gasteiger partial charge in [0, 0.05) is 31.9 Å².